The average molecular weight is 537 g/mol. The number of nitrogens with zero attached hydrogens (tertiary/aromatic N) is 2. The Kier molecular flexibility index (Phi) is 6.56. The molecule has 0 unspecified atom stereocenters. The van der Waals surface area contributed by atoms with E-state index in [1.807, 2.05) is 23.7 Å². The molecule has 28 heavy (non-hydrogen) atoms. The molecule has 1 fully saturated rings. The van der Waals surface area contributed by atoms with E-state index in [9.17, 15) is 0 Å². The highest BCUT2D eigenvalue weighted by atomic mass is 127. The standard InChI is InChI=1S/C19H22Cl2N4O2.HI/c1-22-18(23-9-13-8-14(20)17(21)25(13)2)24-10-19(5-6-19)12-3-4-15-16(7-12)27-11-26-15;/h3-4,7-8H,5-6,9-11H2,1-2H3,(H2,22,23,24);1H. The van der Waals surface area contributed by atoms with E-state index in [2.05, 4.69) is 27.8 Å². The normalized spacial score (nSPS) is 16.5. The molecule has 2 aliphatic rings. The van der Waals surface area contributed by atoms with Crippen molar-refractivity contribution in [2.45, 2.75) is 24.8 Å². The van der Waals surface area contributed by atoms with Crippen LogP contribution in [0.25, 0.3) is 0 Å². The average Bonchev–Trinajstić information content (AvgIpc) is 3.25. The van der Waals surface area contributed by atoms with Crippen LogP contribution in [0, 0.1) is 0 Å². The Morgan fingerprint density at radius 1 is 1.18 bits per heavy atom. The summed E-state index contributed by atoms with van der Waals surface area (Å²) in [7, 11) is 3.65. The highest BCUT2D eigenvalue weighted by molar-refractivity contribution is 14.0. The number of rotatable bonds is 5. The van der Waals surface area contributed by atoms with Gasteiger partial charge in [0.15, 0.2) is 17.5 Å². The van der Waals surface area contributed by atoms with Crippen molar-refractivity contribution < 1.29 is 9.47 Å². The third-order valence-corrected chi connectivity index (χ3v) is 6.15. The van der Waals surface area contributed by atoms with Crippen molar-refractivity contribution in [1.82, 2.24) is 15.2 Å². The minimum Gasteiger partial charge on any atom is -0.454 e. The summed E-state index contributed by atoms with van der Waals surface area (Å²) in [4.78, 5) is 4.32. The lowest BCUT2D eigenvalue weighted by Crippen LogP contribution is -2.41. The number of guanidine groups is 1. The number of fused-ring (bicyclic) bond motifs is 1. The highest BCUT2D eigenvalue weighted by Crippen LogP contribution is 2.49. The third kappa shape index (κ3) is 4.16. The van der Waals surface area contributed by atoms with Crippen LogP contribution in [0.1, 0.15) is 24.1 Å². The van der Waals surface area contributed by atoms with Crippen LogP contribution >= 0.6 is 47.2 Å². The van der Waals surface area contributed by atoms with E-state index >= 15 is 0 Å². The molecule has 2 heterocycles. The van der Waals surface area contributed by atoms with Crippen LogP contribution in [0.5, 0.6) is 11.5 Å². The Labute approximate surface area is 191 Å². The molecule has 0 radical (unpaired) electrons. The van der Waals surface area contributed by atoms with Crippen LogP contribution in [0.15, 0.2) is 29.3 Å². The molecule has 6 nitrogen and oxygen atoms in total. The summed E-state index contributed by atoms with van der Waals surface area (Å²) in [5, 5.41) is 7.85. The molecule has 1 aliphatic carbocycles. The monoisotopic (exact) mass is 536 g/mol. The van der Waals surface area contributed by atoms with E-state index in [0.717, 1.165) is 42.5 Å². The molecule has 9 heteroatoms. The Hall–Kier alpha value is -1.32. The summed E-state index contributed by atoms with van der Waals surface area (Å²) >= 11 is 12.2. The number of halogens is 3. The number of nitrogens with one attached hydrogen (secondary N) is 2. The van der Waals surface area contributed by atoms with Crippen molar-refractivity contribution in [3.05, 3.63) is 45.7 Å². The SMILES string of the molecule is CN=C(NCc1cc(Cl)c(Cl)n1C)NCC1(c2ccc3c(c2)OCO3)CC1.I. The third-order valence-electron chi connectivity index (χ3n) is 5.31. The lowest BCUT2D eigenvalue weighted by atomic mass is 9.95. The molecule has 0 spiro atoms. The van der Waals surface area contributed by atoms with Crippen molar-refractivity contribution in [3.63, 3.8) is 0 Å². The van der Waals surface area contributed by atoms with Gasteiger partial charge in [-0.25, -0.2) is 0 Å². The molecule has 2 N–H and O–H groups in total. The predicted octanol–water partition coefficient (Wildman–Crippen LogP) is 4.08. The lowest BCUT2D eigenvalue weighted by Gasteiger charge is -2.19. The topological polar surface area (TPSA) is 59.8 Å². The number of benzene rings is 1. The Morgan fingerprint density at radius 2 is 1.93 bits per heavy atom. The second kappa shape index (κ2) is 8.59. The van der Waals surface area contributed by atoms with Gasteiger partial charge in [-0.15, -0.1) is 24.0 Å². The quantitative estimate of drug-likeness (QED) is 0.343. The van der Waals surface area contributed by atoms with Crippen LogP contribution in [0.2, 0.25) is 10.2 Å². The van der Waals surface area contributed by atoms with Gasteiger partial charge in [-0.2, -0.15) is 0 Å². The van der Waals surface area contributed by atoms with Crippen molar-refractivity contribution in [1.29, 1.82) is 0 Å². The van der Waals surface area contributed by atoms with Crippen LogP contribution in [-0.4, -0.2) is 30.9 Å². The predicted molar refractivity (Wildman–Crippen MR) is 123 cm³/mol. The summed E-state index contributed by atoms with van der Waals surface area (Å²) in [6, 6.07) is 8.08. The van der Waals surface area contributed by atoms with Crippen molar-refractivity contribution in [2.24, 2.45) is 12.0 Å². The van der Waals surface area contributed by atoms with Crippen LogP contribution in [0.3, 0.4) is 0 Å². The molecule has 152 valence electrons. The molecule has 0 bridgehead atoms. The Morgan fingerprint density at radius 3 is 2.57 bits per heavy atom. The van der Waals surface area contributed by atoms with Gasteiger partial charge in [0.25, 0.3) is 0 Å². The number of hydrogen-bond donors (Lipinski definition) is 2. The van der Waals surface area contributed by atoms with Gasteiger partial charge in [0.2, 0.25) is 6.79 Å². The molecule has 0 atom stereocenters. The summed E-state index contributed by atoms with van der Waals surface area (Å²) in [5.41, 5.74) is 2.39. The lowest BCUT2D eigenvalue weighted by molar-refractivity contribution is 0.174. The molecule has 1 aromatic carbocycles. The zero-order valence-corrected chi connectivity index (χ0v) is 19.6. The van der Waals surface area contributed by atoms with Crippen molar-refractivity contribution in [2.75, 3.05) is 20.4 Å². The fourth-order valence-electron chi connectivity index (χ4n) is 3.35. The van der Waals surface area contributed by atoms with E-state index < -0.39 is 0 Å². The molecule has 1 aromatic heterocycles. The fourth-order valence-corrected chi connectivity index (χ4v) is 3.77. The molecule has 1 saturated carbocycles. The maximum Gasteiger partial charge on any atom is 0.231 e. The van der Waals surface area contributed by atoms with Gasteiger partial charge >= 0.3 is 0 Å². The van der Waals surface area contributed by atoms with Gasteiger partial charge in [0, 0.05) is 31.7 Å². The number of aromatic nitrogens is 1. The van der Waals surface area contributed by atoms with Gasteiger partial charge in [-0.05, 0) is 36.6 Å². The van der Waals surface area contributed by atoms with E-state index in [-0.39, 0.29) is 29.4 Å². The summed E-state index contributed by atoms with van der Waals surface area (Å²) < 4.78 is 12.8. The molecule has 4 rings (SSSR count). The van der Waals surface area contributed by atoms with Crippen LogP contribution in [0.4, 0.5) is 0 Å². The Balaban J connectivity index is 0.00000225. The zero-order chi connectivity index (χ0) is 19.0. The van der Waals surface area contributed by atoms with E-state index in [4.69, 9.17) is 32.7 Å². The summed E-state index contributed by atoms with van der Waals surface area (Å²) in [6.45, 7) is 1.69. The van der Waals surface area contributed by atoms with Gasteiger partial charge < -0.3 is 24.7 Å². The number of hydrogen-bond acceptors (Lipinski definition) is 3. The maximum absolute atomic E-state index is 6.12. The summed E-state index contributed by atoms with van der Waals surface area (Å²) in [6.07, 6.45) is 2.28. The molecule has 0 amide bonds. The minimum absolute atomic E-state index is 0. The zero-order valence-electron chi connectivity index (χ0n) is 15.7. The fraction of sp³-hybridized carbons (Fsp3) is 0.421. The van der Waals surface area contributed by atoms with Gasteiger partial charge in [0.05, 0.1) is 11.6 Å². The maximum atomic E-state index is 6.12. The second-order valence-corrected chi connectivity index (χ2v) is 7.73. The minimum atomic E-state index is 0. The van der Waals surface area contributed by atoms with Crippen molar-refractivity contribution in [3.8, 4) is 11.5 Å². The number of ether oxygens (including phenoxy) is 2. The highest BCUT2D eigenvalue weighted by Gasteiger charge is 2.44. The molecule has 0 saturated heterocycles. The molecule has 1 aliphatic heterocycles. The van der Waals surface area contributed by atoms with E-state index in [1.165, 1.54) is 5.56 Å². The first-order valence-electron chi connectivity index (χ1n) is 8.87. The molecular formula is C19H23Cl2IN4O2. The number of aliphatic imine (C=N–C) groups is 1. The van der Waals surface area contributed by atoms with Crippen LogP contribution in [-0.2, 0) is 19.0 Å². The summed E-state index contributed by atoms with van der Waals surface area (Å²) in [5.74, 6) is 2.40. The van der Waals surface area contributed by atoms with Gasteiger partial charge in [-0.1, -0.05) is 29.3 Å². The second-order valence-electron chi connectivity index (χ2n) is 6.96. The van der Waals surface area contributed by atoms with Crippen LogP contribution < -0.4 is 20.1 Å². The Bertz CT molecular complexity index is 896. The first-order chi connectivity index (χ1) is 13.0. The van der Waals surface area contributed by atoms with E-state index in [1.54, 1.807) is 7.05 Å². The largest absolute Gasteiger partial charge is 0.454 e. The molecule has 2 aromatic rings. The van der Waals surface area contributed by atoms with E-state index in [0.29, 0.717) is 23.5 Å². The van der Waals surface area contributed by atoms with Crippen molar-refractivity contribution >= 4 is 53.1 Å². The first-order valence-corrected chi connectivity index (χ1v) is 9.62. The smallest absolute Gasteiger partial charge is 0.231 e. The molecular weight excluding hydrogens is 514 g/mol. The first kappa shape index (κ1) is 21.4. The van der Waals surface area contributed by atoms with Gasteiger partial charge in [-0.3, -0.25) is 4.99 Å². The van der Waals surface area contributed by atoms with Gasteiger partial charge in [0.1, 0.15) is 5.15 Å².